The molecule has 152 valence electrons. The first-order valence-corrected chi connectivity index (χ1v) is 10.7. The Labute approximate surface area is 178 Å². The molecule has 0 saturated carbocycles. The van der Waals surface area contributed by atoms with Crippen LogP contribution < -0.4 is 10.6 Å². The van der Waals surface area contributed by atoms with Gasteiger partial charge in [-0.15, -0.1) is 11.8 Å². The van der Waals surface area contributed by atoms with Crippen molar-refractivity contribution in [3.05, 3.63) is 89.7 Å². The monoisotopic (exact) mass is 420 g/mol. The quantitative estimate of drug-likeness (QED) is 0.635. The summed E-state index contributed by atoms with van der Waals surface area (Å²) in [5, 5.41) is 5.56. The van der Waals surface area contributed by atoms with Crippen LogP contribution in [-0.2, 0) is 4.79 Å². The minimum atomic E-state index is -0.310. The molecule has 0 saturated heterocycles. The summed E-state index contributed by atoms with van der Waals surface area (Å²) >= 11 is 1.47. The largest absolute Gasteiger partial charge is 0.348 e. The Hall–Kier alpha value is -3.12. The Bertz CT molecular complexity index is 1050. The molecule has 0 aliphatic carbocycles. The maximum atomic E-state index is 14.0. The maximum absolute atomic E-state index is 14.0. The first-order chi connectivity index (χ1) is 14.6. The molecule has 0 aromatic heterocycles. The van der Waals surface area contributed by atoms with Crippen molar-refractivity contribution in [3.63, 3.8) is 0 Å². The van der Waals surface area contributed by atoms with Gasteiger partial charge in [-0.25, -0.2) is 4.39 Å². The van der Waals surface area contributed by atoms with Crippen molar-refractivity contribution in [2.24, 2.45) is 0 Å². The summed E-state index contributed by atoms with van der Waals surface area (Å²) in [6, 6.07) is 21.8. The molecular formula is C24H21FN2O2S. The third-order valence-electron chi connectivity index (χ3n) is 5.02. The average molecular weight is 421 g/mol. The van der Waals surface area contributed by atoms with Crippen molar-refractivity contribution in [2.75, 3.05) is 12.3 Å². The Morgan fingerprint density at radius 2 is 1.67 bits per heavy atom. The highest BCUT2D eigenvalue weighted by atomic mass is 32.2. The molecule has 0 fully saturated rings. The molecule has 2 N–H and O–H groups in total. The normalized spacial score (nSPS) is 15.2. The molecule has 0 bridgehead atoms. The minimum absolute atomic E-state index is 0.131. The van der Waals surface area contributed by atoms with Gasteiger partial charge in [0.2, 0.25) is 5.91 Å². The molecule has 2 amide bonds. The Morgan fingerprint density at radius 1 is 0.933 bits per heavy atom. The molecule has 0 spiro atoms. The number of nitrogens with one attached hydrogen (secondary N) is 2. The number of halogens is 1. The van der Waals surface area contributed by atoms with Gasteiger partial charge < -0.3 is 10.6 Å². The van der Waals surface area contributed by atoms with Crippen LogP contribution in [0.15, 0.2) is 77.7 Å². The highest BCUT2D eigenvalue weighted by molar-refractivity contribution is 7.99. The standard InChI is InChI=1S/C24H21FN2O2S/c25-20-8-4-7-19-21(13-14-30-23(19)20)27-22(28)15-26-24(29)18-11-9-17(10-12-18)16-5-2-1-3-6-16/h1-12,21H,13-15H2,(H,26,29)(H,27,28)/t21-/m1/s1. The molecule has 1 heterocycles. The molecule has 0 radical (unpaired) electrons. The zero-order chi connectivity index (χ0) is 20.9. The average Bonchev–Trinajstić information content (AvgIpc) is 2.79. The lowest BCUT2D eigenvalue weighted by atomic mass is 10.0. The van der Waals surface area contributed by atoms with Gasteiger partial charge in [0.25, 0.3) is 5.91 Å². The van der Waals surface area contributed by atoms with Crippen LogP contribution in [-0.4, -0.2) is 24.1 Å². The van der Waals surface area contributed by atoms with Crippen LogP contribution in [0.1, 0.15) is 28.4 Å². The van der Waals surface area contributed by atoms with Gasteiger partial charge in [-0.2, -0.15) is 0 Å². The predicted octanol–water partition coefficient (Wildman–Crippen LogP) is 4.58. The van der Waals surface area contributed by atoms with E-state index >= 15 is 0 Å². The van der Waals surface area contributed by atoms with Crippen LogP contribution in [0.4, 0.5) is 4.39 Å². The summed E-state index contributed by atoms with van der Waals surface area (Å²) in [5.74, 6) is -0.130. The molecule has 0 unspecified atom stereocenters. The predicted molar refractivity (Wildman–Crippen MR) is 117 cm³/mol. The zero-order valence-electron chi connectivity index (χ0n) is 16.2. The lowest BCUT2D eigenvalue weighted by Crippen LogP contribution is -2.39. The number of benzene rings is 3. The molecule has 30 heavy (non-hydrogen) atoms. The smallest absolute Gasteiger partial charge is 0.251 e. The van der Waals surface area contributed by atoms with Gasteiger partial charge in [-0.05, 0) is 41.3 Å². The molecule has 4 rings (SSSR count). The number of rotatable bonds is 5. The van der Waals surface area contributed by atoms with Crippen molar-refractivity contribution < 1.29 is 14.0 Å². The maximum Gasteiger partial charge on any atom is 0.251 e. The number of amides is 2. The van der Waals surface area contributed by atoms with Gasteiger partial charge in [0.15, 0.2) is 0 Å². The number of carbonyl (C=O) groups is 2. The van der Waals surface area contributed by atoms with Crippen LogP contribution in [0.3, 0.4) is 0 Å². The van der Waals surface area contributed by atoms with E-state index in [0.29, 0.717) is 10.5 Å². The van der Waals surface area contributed by atoms with E-state index in [-0.39, 0.29) is 30.2 Å². The summed E-state index contributed by atoms with van der Waals surface area (Å²) < 4.78 is 14.0. The van der Waals surface area contributed by atoms with E-state index < -0.39 is 0 Å². The minimum Gasteiger partial charge on any atom is -0.348 e. The van der Waals surface area contributed by atoms with Crippen LogP contribution in [0, 0.1) is 5.82 Å². The summed E-state index contributed by atoms with van der Waals surface area (Å²) in [4.78, 5) is 25.3. The van der Waals surface area contributed by atoms with Crippen molar-refractivity contribution in [1.82, 2.24) is 10.6 Å². The topological polar surface area (TPSA) is 58.2 Å². The Kier molecular flexibility index (Phi) is 6.14. The van der Waals surface area contributed by atoms with E-state index in [4.69, 9.17) is 0 Å². The van der Waals surface area contributed by atoms with Crippen LogP contribution in [0.2, 0.25) is 0 Å². The molecule has 4 nitrogen and oxygen atoms in total. The fourth-order valence-corrected chi connectivity index (χ4v) is 4.63. The summed E-state index contributed by atoms with van der Waals surface area (Å²) in [5.41, 5.74) is 3.38. The first kappa shape index (κ1) is 20.2. The molecule has 3 aromatic carbocycles. The second-order valence-corrected chi connectivity index (χ2v) is 8.15. The van der Waals surface area contributed by atoms with Crippen molar-refractivity contribution >= 4 is 23.6 Å². The lowest BCUT2D eigenvalue weighted by molar-refractivity contribution is -0.120. The molecule has 1 atom stereocenters. The lowest BCUT2D eigenvalue weighted by Gasteiger charge is -2.26. The fourth-order valence-electron chi connectivity index (χ4n) is 3.49. The number of hydrogen-bond donors (Lipinski definition) is 2. The van der Waals surface area contributed by atoms with E-state index in [1.54, 1.807) is 18.2 Å². The van der Waals surface area contributed by atoms with Crippen molar-refractivity contribution in [2.45, 2.75) is 17.4 Å². The van der Waals surface area contributed by atoms with Gasteiger partial charge in [0.05, 0.1) is 12.6 Å². The van der Waals surface area contributed by atoms with Gasteiger partial charge >= 0.3 is 0 Å². The summed E-state index contributed by atoms with van der Waals surface area (Å²) in [7, 11) is 0. The Balaban J connectivity index is 1.33. The molecular weight excluding hydrogens is 399 g/mol. The van der Waals surface area contributed by atoms with Crippen LogP contribution in [0.5, 0.6) is 0 Å². The second kappa shape index (κ2) is 9.13. The highest BCUT2D eigenvalue weighted by Gasteiger charge is 2.24. The third-order valence-corrected chi connectivity index (χ3v) is 6.18. The van der Waals surface area contributed by atoms with Gasteiger partial charge in [-0.3, -0.25) is 9.59 Å². The van der Waals surface area contributed by atoms with Crippen LogP contribution >= 0.6 is 11.8 Å². The number of carbonyl (C=O) groups excluding carboxylic acids is 2. The highest BCUT2D eigenvalue weighted by Crippen LogP contribution is 2.37. The second-order valence-electron chi connectivity index (χ2n) is 7.04. The number of thioether (sulfide) groups is 1. The summed E-state index contributed by atoms with van der Waals surface area (Å²) in [6.45, 7) is -0.131. The first-order valence-electron chi connectivity index (χ1n) is 9.76. The number of fused-ring (bicyclic) bond motifs is 1. The third kappa shape index (κ3) is 4.54. The SMILES string of the molecule is O=C(CNC(=O)c1ccc(-c2ccccc2)cc1)N[C@@H]1CCSc2c(F)cccc21. The Morgan fingerprint density at radius 3 is 2.43 bits per heavy atom. The van der Waals surface area contributed by atoms with Crippen molar-refractivity contribution in [1.29, 1.82) is 0 Å². The summed E-state index contributed by atoms with van der Waals surface area (Å²) in [6.07, 6.45) is 0.724. The molecule has 1 aliphatic rings. The van der Waals surface area contributed by atoms with E-state index in [9.17, 15) is 14.0 Å². The van der Waals surface area contributed by atoms with Crippen molar-refractivity contribution in [3.8, 4) is 11.1 Å². The molecule has 1 aliphatic heterocycles. The van der Waals surface area contributed by atoms with Gasteiger partial charge in [-0.1, -0.05) is 54.6 Å². The zero-order valence-corrected chi connectivity index (χ0v) is 17.0. The molecule has 3 aromatic rings. The van der Waals surface area contributed by atoms with E-state index in [1.807, 2.05) is 48.5 Å². The van der Waals surface area contributed by atoms with E-state index in [2.05, 4.69) is 10.6 Å². The fraction of sp³-hybridized carbons (Fsp3) is 0.167. The van der Waals surface area contributed by atoms with E-state index in [0.717, 1.165) is 28.9 Å². The van der Waals surface area contributed by atoms with Gasteiger partial charge in [0.1, 0.15) is 5.82 Å². The molecule has 6 heteroatoms. The van der Waals surface area contributed by atoms with E-state index in [1.165, 1.54) is 17.8 Å². The number of hydrogen-bond acceptors (Lipinski definition) is 3. The van der Waals surface area contributed by atoms with Gasteiger partial charge in [0, 0.05) is 16.2 Å². The van der Waals surface area contributed by atoms with Crippen LogP contribution in [0.25, 0.3) is 11.1 Å².